The predicted octanol–water partition coefficient (Wildman–Crippen LogP) is 3.32. The number of nitrogen functional groups attached to an aromatic ring is 1. The lowest BCUT2D eigenvalue weighted by Gasteiger charge is -2.34. The largest absolute Gasteiger partial charge is 0.444 e. The maximum absolute atomic E-state index is 13.3. The van der Waals surface area contributed by atoms with Crippen molar-refractivity contribution in [2.75, 3.05) is 37.2 Å². The van der Waals surface area contributed by atoms with Crippen LogP contribution >= 0.6 is 0 Å². The summed E-state index contributed by atoms with van der Waals surface area (Å²) in [6.45, 7) is 3.68. The van der Waals surface area contributed by atoms with Crippen LogP contribution in [0.25, 0.3) is 0 Å². The molecular weight excluding hydrogens is 462 g/mol. The molecule has 0 radical (unpaired) electrons. The normalized spacial score (nSPS) is 15.5. The second-order valence-corrected chi connectivity index (χ2v) is 8.25. The van der Waals surface area contributed by atoms with E-state index >= 15 is 0 Å². The standard InChI is InChI=1S/C19H22F6N4O4/c1-17(2,3)33-16(32)29-5-4-28(14(31)9-29)8-13(30)27-15-11(19(23,24)25)6-10(7-12(15)26)18(20,21)22/h6-7H,4-5,8-9,26H2,1-3H3,(H,27,30). The summed E-state index contributed by atoms with van der Waals surface area (Å²) in [6, 6.07) is 0.117. The van der Waals surface area contributed by atoms with Crippen LogP contribution in [0, 0.1) is 0 Å². The highest BCUT2D eigenvalue weighted by molar-refractivity contribution is 5.98. The van der Waals surface area contributed by atoms with Crippen LogP contribution in [0.4, 0.5) is 42.5 Å². The number of nitrogens with zero attached hydrogens (tertiary/aromatic N) is 2. The van der Waals surface area contributed by atoms with Gasteiger partial charge in [-0.15, -0.1) is 0 Å². The minimum absolute atomic E-state index is 0.00412. The molecule has 0 atom stereocenters. The summed E-state index contributed by atoms with van der Waals surface area (Å²) in [7, 11) is 0. The summed E-state index contributed by atoms with van der Waals surface area (Å²) in [5, 5.41) is 1.85. The summed E-state index contributed by atoms with van der Waals surface area (Å²) in [4.78, 5) is 38.7. The molecule has 1 fully saturated rings. The summed E-state index contributed by atoms with van der Waals surface area (Å²) in [5.41, 5.74) is -0.804. The third-order valence-electron chi connectivity index (χ3n) is 4.37. The van der Waals surface area contributed by atoms with Gasteiger partial charge in [0.05, 0.1) is 29.0 Å². The van der Waals surface area contributed by atoms with Gasteiger partial charge in [0.2, 0.25) is 11.8 Å². The molecule has 0 aliphatic carbocycles. The number of hydrogen-bond donors (Lipinski definition) is 2. The number of ether oxygens (including phenoxy) is 1. The molecule has 33 heavy (non-hydrogen) atoms. The van der Waals surface area contributed by atoms with Crippen molar-refractivity contribution in [2.24, 2.45) is 0 Å². The number of carbonyl (C=O) groups is 3. The molecule has 1 aromatic carbocycles. The van der Waals surface area contributed by atoms with Gasteiger partial charge in [-0.3, -0.25) is 14.5 Å². The number of rotatable bonds is 3. The van der Waals surface area contributed by atoms with Crippen molar-refractivity contribution in [3.8, 4) is 0 Å². The fourth-order valence-electron chi connectivity index (χ4n) is 2.90. The number of anilines is 2. The van der Waals surface area contributed by atoms with Gasteiger partial charge < -0.3 is 20.7 Å². The number of nitrogens with one attached hydrogen (secondary N) is 1. The van der Waals surface area contributed by atoms with E-state index in [0.717, 1.165) is 9.80 Å². The maximum atomic E-state index is 13.3. The van der Waals surface area contributed by atoms with Crippen molar-refractivity contribution >= 4 is 29.3 Å². The number of halogens is 6. The Morgan fingerprint density at radius 3 is 2.15 bits per heavy atom. The molecule has 0 spiro atoms. The Labute approximate surface area is 184 Å². The first-order chi connectivity index (χ1) is 14.9. The fourth-order valence-corrected chi connectivity index (χ4v) is 2.90. The van der Waals surface area contributed by atoms with E-state index in [-0.39, 0.29) is 25.2 Å². The number of alkyl halides is 6. The third kappa shape index (κ3) is 6.89. The van der Waals surface area contributed by atoms with E-state index in [0.29, 0.717) is 0 Å². The van der Waals surface area contributed by atoms with Crippen molar-refractivity contribution in [3.63, 3.8) is 0 Å². The highest BCUT2D eigenvalue weighted by atomic mass is 19.4. The Morgan fingerprint density at radius 1 is 1.06 bits per heavy atom. The quantitative estimate of drug-likeness (QED) is 0.506. The van der Waals surface area contributed by atoms with Crippen LogP contribution in [-0.4, -0.2) is 59.5 Å². The Bertz CT molecular complexity index is 940. The number of amides is 3. The Kier molecular flexibility index (Phi) is 7.09. The topological polar surface area (TPSA) is 105 Å². The average Bonchev–Trinajstić information content (AvgIpc) is 2.61. The number of nitrogens with two attached hydrogens (primary N) is 1. The second kappa shape index (κ2) is 8.98. The van der Waals surface area contributed by atoms with E-state index < -0.39 is 71.5 Å². The monoisotopic (exact) mass is 484 g/mol. The highest BCUT2D eigenvalue weighted by Crippen LogP contribution is 2.42. The molecule has 1 aromatic rings. The van der Waals surface area contributed by atoms with Crippen LogP contribution in [0.15, 0.2) is 12.1 Å². The lowest BCUT2D eigenvalue weighted by atomic mass is 10.1. The van der Waals surface area contributed by atoms with Crippen molar-refractivity contribution in [2.45, 2.75) is 38.7 Å². The SMILES string of the molecule is CC(C)(C)OC(=O)N1CCN(CC(=O)Nc2c(N)cc(C(F)(F)F)cc2C(F)(F)F)C(=O)C1. The van der Waals surface area contributed by atoms with E-state index in [2.05, 4.69) is 0 Å². The molecule has 8 nitrogen and oxygen atoms in total. The van der Waals surface area contributed by atoms with Crippen LogP contribution in [0.1, 0.15) is 31.9 Å². The fraction of sp³-hybridized carbons (Fsp3) is 0.526. The minimum Gasteiger partial charge on any atom is -0.444 e. The molecule has 1 aliphatic rings. The van der Waals surface area contributed by atoms with Gasteiger partial charge in [-0.25, -0.2) is 4.79 Å². The maximum Gasteiger partial charge on any atom is 0.418 e. The van der Waals surface area contributed by atoms with E-state index in [9.17, 15) is 40.7 Å². The van der Waals surface area contributed by atoms with Gasteiger partial charge in [-0.1, -0.05) is 0 Å². The number of carbonyl (C=O) groups excluding carboxylic acids is 3. The summed E-state index contributed by atoms with van der Waals surface area (Å²) in [5.74, 6) is -1.77. The van der Waals surface area contributed by atoms with Crippen LogP contribution in [-0.2, 0) is 26.7 Å². The van der Waals surface area contributed by atoms with Crippen molar-refractivity contribution in [1.29, 1.82) is 0 Å². The van der Waals surface area contributed by atoms with Crippen molar-refractivity contribution in [1.82, 2.24) is 9.80 Å². The van der Waals surface area contributed by atoms with E-state index in [1.807, 2.05) is 5.32 Å². The van der Waals surface area contributed by atoms with Crippen molar-refractivity contribution < 1.29 is 45.5 Å². The molecule has 184 valence electrons. The first-order valence-corrected chi connectivity index (χ1v) is 9.52. The summed E-state index contributed by atoms with van der Waals surface area (Å²) < 4.78 is 83.7. The van der Waals surface area contributed by atoms with E-state index in [1.165, 1.54) is 0 Å². The molecule has 2 rings (SSSR count). The van der Waals surface area contributed by atoms with Crippen LogP contribution in [0.3, 0.4) is 0 Å². The van der Waals surface area contributed by atoms with Gasteiger partial charge in [0.25, 0.3) is 0 Å². The molecule has 0 aromatic heterocycles. The van der Waals surface area contributed by atoms with E-state index in [4.69, 9.17) is 10.5 Å². The Morgan fingerprint density at radius 2 is 1.67 bits per heavy atom. The molecule has 3 amide bonds. The first kappa shape index (κ1) is 26.1. The molecule has 1 aliphatic heterocycles. The lowest BCUT2D eigenvalue weighted by Crippen LogP contribution is -2.54. The highest BCUT2D eigenvalue weighted by Gasteiger charge is 2.40. The van der Waals surface area contributed by atoms with E-state index in [1.54, 1.807) is 20.8 Å². The average molecular weight is 484 g/mol. The van der Waals surface area contributed by atoms with Crippen LogP contribution in [0.2, 0.25) is 0 Å². The summed E-state index contributed by atoms with van der Waals surface area (Å²) >= 11 is 0. The zero-order valence-electron chi connectivity index (χ0n) is 17.9. The minimum atomic E-state index is -5.24. The Hall–Kier alpha value is -3.19. The second-order valence-electron chi connectivity index (χ2n) is 8.25. The predicted molar refractivity (Wildman–Crippen MR) is 104 cm³/mol. The molecule has 14 heteroatoms. The van der Waals surface area contributed by atoms with Crippen molar-refractivity contribution in [3.05, 3.63) is 23.3 Å². The smallest absolute Gasteiger partial charge is 0.418 e. The molecule has 1 heterocycles. The Balaban J connectivity index is 2.12. The van der Waals surface area contributed by atoms with Gasteiger partial charge in [0.1, 0.15) is 12.1 Å². The number of benzene rings is 1. The number of piperazine rings is 1. The van der Waals surface area contributed by atoms with Gasteiger partial charge >= 0.3 is 18.4 Å². The first-order valence-electron chi connectivity index (χ1n) is 9.52. The van der Waals surface area contributed by atoms with Gasteiger partial charge in [0.15, 0.2) is 0 Å². The van der Waals surface area contributed by atoms with Gasteiger partial charge in [0, 0.05) is 13.1 Å². The van der Waals surface area contributed by atoms with Crippen LogP contribution < -0.4 is 11.1 Å². The molecule has 0 unspecified atom stereocenters. The van der Waals surface area contributed by atoms with Crippen LogP contribution in [0.5, 0.6) is 0 Å². The number of hydrogen-bond acceptors (Lipinski definition) is 5. The third-order valence-corrected chi connectivity index (χ3v) is 4.37. The molecule has 0 saturated carbocycles. The molecule has 1 saturated heterocycles. The van der Waals surface area contributed by atoms with Gasteiger partial charge in [-0.05, 0) is 32.9 Å². The zero-order valence-corrected chi connectivity index (χ0v) is 17.9. The summed E-state index contributed by atoms with van der Waals surface area (Å²) in [6.07, 6.45) is -11.1. The van der Waals surface area contributed by atoms with Gasteiger partial charge in [-0.2, -0.15) is 26.3 Å². The molecule has 0 bridgehead atoms. The molecule has 3 N–H and O–H groups in total. The molecular formula is C19H22F6N4O4. The lowest BCUT2D eigenvalue weighted by molar-refractivity contribution is -0.142. The zero-order chi connectivity index (χ0) is 25.4.